The summed E-state index contributed by atoms with van der Waals surface area (Å²) < 4.78 is 18.3. The fourth-order valence-electron chi connectivity index (χ4n) is 2.70. The van der Waals surface area contributed by atoms with Crippen LogP contribution in [0.4, 0.5) is 4.39 Å². The number of carbonyl (C=O) groups is 2. The second-order valence-electron chi connectivity index (χ2n) is 6.39. The van der Waals surface area contributed by atoms with Crippen LogP contribution in [0.3, 0.4) is 0 Å². The maximum Gasteiger partial charge on any atom is 0.321 e. The number of hydrogen-bond acceptors (Lipinski definition) is 4. The van der Waals surface area contributed by atoms with Gasteiger partial charge in [0.05, 0.1) is 5.75 Å². The van der Waals surface area contributed by atoms with E-state index >= 15 is 0 Å². The van der Waals surface area contributed by atoms with Crippen LogP contribution in [0.5, 0.6) is 5.75 Å². The van der Waals surface area contributed by atoms with Gasteiger partial charge in [-0.15, -0.1) is 11.8 Å². The molecule has 0 saturated heterocycles. The first-order valence-corrected chi connectivity index (χ1v) is 9.72. The minimum atomic E-state index is -0.391. The third-order valence-corrected chi connectivity index (χ3v) is 5.28. The number of esters is 1. The average molecular weight is 394 g/mol. The lowest BCUT2D eigenvalue weighted by molar-refractivity contribution is -0.131. The molecule has 0 amide bonds. The lowest BCUT2D eigenvalue weighted by Gasteiger charge is -2.08. The van der Waals surface area contributed by atoms with Crippen molar-refractivity contribution in [1.82, 2.24) is 0 Å². The van der Waals surface area contributed by atoms with Crippen LogP contribution >= 0.6 is 11.8 Å². The summed E-state index contributed by atoms with van der Waals surface area (Å²) in [7, 11) is 0. The Hall–Kier alpha value is -2.92. The van der Waals surface area contributed by atoms with E-state index in [1.54, 1.807) is 24.3 Å². The third-order valence-electron chi connectivity index (χ3n) is 4.13. The summed E-state index contributed by atoms with van der Waals surface area (Å²) in [5.41, 5.74) is 3.15. The van der Waals surface area contributed by atoms with E-state index in [0.717, 1.165) is 10.5 Å². The Labute approximate surface area is 167 Å². The minimum Gasteiger partial charge on any atom is -0.426 e. The van der Waals surface area contributed by atoms with Gasteiger partial charge in [-0.2, -0.15) is 0 Å². The Bertz CT molecular complexity index is 995. The molecule has 0 fully saturated rings. The molecule has 0 spiro atoms. The standard InChI is InChI=1S/C23H19FO3S/c1-15-3-12-21(16(2)13-15)28-14-22(25)27-20-10-6-18(7-11-20)23(26)17-4-8-19(24)9-5-17/h3-13H,14H2,1-2H3. The highest BCUT2D eigenvalue weighted by atomic mass is 32.2. The highest BCUT2D eigenvalue weighted by Crippen LogP contribution is 2.24. The molecule has 0 N–H and O–H groups in total. The fourth-order valence-corrected chi connectivity index (χ4v) is 3.48. The highest BCUT2D eigenvalue weighted by molar-refractivity contribution is 8.00. The third kappa shape index (κ3) is 5.08. The Balaban J connectivity index is 1.58. The molecule has 0 heterocycles. The van der Waals surface area contributed by atoms with Crippen LogP contribution in [0, 0.1) is 19.7 Å². The van der Waals surface area contributed by atoms with Gasteiger partial charge in [0.2, 0.25) is 0 Å². The zero-order valence-electron chi connectivity index (χ0n) is 15.6. The molecular weight excluding hydrogens is 375 g/mol. The zero-order chi connectivity index (χ0) is 20.1. The minimum absolute atomic E-state index is 0.195. The molecule has 0 saturated carbocycles. The number of hydrogen-bond donors (Lipinski definition) is 0. The average Bonchev–Trinajstić information content (AvgIpc) is 2.68. The van der Waals surface area contributed by atoms with E-state index < -0.39 is 5.82 Å². The maximum atomic E-state index is 13.0. The van der Waals surface area contributed by atoms with Gasteiger partial charge in [0, 0.05) is 16.0 Å². The molecule has 0 aliphatic heterocycles. The first-order chi connectivity index (χ1) is 13.4. The van der Waals surface area contributed by atoms with Crippen LogP contribution in [-0.4, -0.2) is 17.5 Å². The first-order valence-electron chi connectivity index (χ1n) is 8.73. The molecule has 0 aromatic heterocycles. The van der Waals surface area contributed by atoms with Gasteiger partial charge in [-0.25, -0.2) is 4.39 Å². The lowest BCUT2D eigenvalue weighted by atomic mass is 10.0. The van der Waals surface area contributed by atoms with Crippen molar-refractivity contribution < 1.29 is 18.7 Å². The predicted molar refractivity (Wildman–Crippen MR) is 109 cm³/mol. The summed E-state index contributed by atoms with van der Waals surface area (Å²) >= 11 is 1.43. The Morgan fingerprint density at radius 1 is 0.893 bits per heavy atom. The quantitative estimate of drug-likeness (QED) is 0.244. The maximum absolute atomic E-state index is 13.0. The van der Waals surface area contributed by atoms with Crippen molar-refractivity contribution in [2.75, 3.05) is 5.75 Å². The van der Waals surface area contributed by atoms with E-state index in [1.807, 2.05) is 26.0 Å². The van der Waals surface area contributed by atoms with Crippen LogP contribution in [0.25, 0.3) is 0 Å². The van der Waals surface area contributed by atoms with Crippen molar-refractivity contribution in [3.8, 4) is 5.75 Å². The van der Waals surface area contributed by atoms with Crippen LogP contribution < -0.4 is 4.74 Å². The Kier molecular flexibility index (Phi) is 6.26. The van der Waals surface area contributed by atoms with E-state index in [1.165, 1.54) is 41.6 Å². The topological polar surface area (TPSA) is 43.4 Å². The SMILES string of the molecule is Cc1ccc(SCC(=O)Oc2ccc(C(=O)c3ccc(F)cc3)cc2)c(C)c1. The molecular formula is C23H19FO3S. The van der Waals surface area contributed by atoms with Crippen molar-refractivity contribution >= 4 is 23.5 Å². The van der Waals surface area contributed by atoms with Crippen LogP contribution in [0.15, 0.2) is 71.6 Å². The summed E-state index contributed by atoms with van der Waals surface area (Å²) in [5, 5.41) is 0. The van der Waals surface area contributed by atoms with Crippen molar-refractivity contribution in [1.29, 1.82) is 0 Å². The van der Waals surface area contributed by atoms with E-state index in [-0.39, 0.29) is 17.5 Å². The van der Waals surface area contributed by atoms with Gasteiger partial charge in [0.25, 0.3) is 0 Å². The summed E-state index contributed by atoms with van der Waals surface area (Å²) in [4.78, 5) is 25.5. The van der Waals surface area contributed by atoms with Crippen LogP contribution in [0.1, 0.15) is 27.0 Å². The monoisotopic (exact) mass is 394 g/mol. The molecule has 3 aromatic rings. The molecule has 0 bridgehead atoms. The normalized spacial score (nSPS) is 10.5. The number of benzene rings is 3. The Morgan fingerprint density at radius 3 is 2.11 bits per heavy atom. The second kappa shape index (κ2) is 8.85. The number of thioether (sulfide) groups is 1. The molecule has 0 aliphatic rings. The molecule has 3 aromatic carbocycles. The van der Waals surface area contributed by atoms with E-state index in [4.69, 9.17) is 4.74 Å². The number of rotatable bonds is 6. The van der Waals surface area contributed by atoms with Crippen molar-refractivity contribution in [3.05, 3.63) is 94.8 Å². The number of carbonyl (C=O) groups excluding carboxylic acids is 2. The molecule has 0 unspecified atom stereocenters. The molecule has 5 heteroatoms. The molecule has 3 rings (SSSR count). The van der Waals surface area contributed by atoms with Gasteiger partial charge in [-0.05, 0) is 74.0 Å². The zero-order valence-corrected chi connectivity index (χ0v) is 16.4. The number of ketones is 1. The van der Waals surface area contributed by atoms with Crippen LogP contribution in [-0.2, 0) is 4.79 Å². The molecule has 142 valence electrons. The summed E-state index contributed by atoms with van der Waals surface area (Å²) in [6.07, 6.45) is 0. The van der Waals surface area contributed by atoms with Gasteiger partial charge in [-0.3, -0.25) is 9.59 Å². The Morgan fingerprint density at radius 2 is 1.50 bits per heavy atom. The van der Waals surface area contributed by atoms with Crippen LogP contribution in [0.2, 0.25) is 0 Å². The van der Waals surface area contributed by atoms with Gasteiger partial charge in [-0.1, -0.05) is 17.7 Å². The van der Waals surface area contributed by atoms with E-state index in [9.17, 15) is 14.0 Å². The van der Waals surface area contributed by atoms with E-state index in [2.05, 4.69) is 6.07 Å². The molecule has 28 heavy (non-hydrogen) atoms. The van der Waals surface area contributed by atoms with Gasteiger partial charge in [0.1, 0.15) is 11.6 Å². The first kappa shape index (κ1) is 19.8. The lowest BCUT2D eigenvalue weighted by Crippen LogP contribution is -2.11. The summed E-state index contributed by atoms with van der Waals surface area (Å²) in [6, 6.07) is 17.8. The second-order valence-corrected chi connectivity index (χ2v) is 7.41. The fraction of sp³-hybridized carbons (Fsp3) is 0.130. The number of aryl methyl sites for hydroxylation is 2. The van der Waals surface area contributed by atoms with Gasteiger partial charge < -0.3 is 4.74 Å². The largest absolute Gasteiger partial charge is 0.426 e. The molecule has 3 nitrogen and oxygen atoms in total. The predicted octanol–water partition coefficient (Wildman–Crippen LogP) is 5.37. The van der Waals surface area contributed by atoms with Gasteiger partial charge in [0.15, 0.2) is 5.78 Å². The van der Waals surface area contributed by atoms with E-state index in [0.29, 0.717) is 16.9 Å². The molecule has 0 atom stereocenters. The summed E-state index contributed by atoms with van der Waals surface area (Å²) in [5.74, 6) is -0.398. The number of halogens is 1. The smallest absolute Gasteiger partial charge is 0.321 e. The highest BCUT2D eigenvalue weighted by Gasteiger charge is 2.11. The molecule has 0 radical (unpaired) electrons. The van der Waals surface area contributed by atoms with Gasteiger partial charge >= 0.3 is 5.97 Å². The summed E-state index contributed by atoms with van der Waals surface area (Å²) in [6.45, 7) is 4.04. The van der Waals surface area contributed by atoms with Crippen molar-refractivity contribution in [2.24, 2.45) is 0 Å². The van der Waals surface area contributed by atoms with Crippen molar-refractivity contribution in [3.63, 3.8) is 0 Å². The van der Waals surface area contributed by atoms with Crippen molar-refractivity contribution in [2.45, 2.75) is 18.7 Å². The number of ether oxygens (including phenoxy) is 1. The molecule has 0 aliphatic carbocycles.